The van der Waals surface area contributed by atoms with Crippen molar-refractivity contribution < 1.29 is 21.6 Å². The number of halogens is 4. The van der Waals surface area contributed by atoms with Crippen LogP contribution in [-0.4, -0.2) is 38.3 Å². The van der Waals surface area contributed by atoms with Gasteiger partial charge in [0.1, 0.15) is 4.90 Å². The van der Waals surface area contributed by atoms with Crippen molar-refractivity contribution in [3.8, 4) is 0 Å². The highest BCUT2D eigenvalue weighted by atomic mass is 79.9. The van der Waals surface area contributed by atoms with Crippen molar-refractivity contribution in [2.75, 3.05) is 29.1 Å². The van der Waals surface area contributed by atoms with E-state index in [2.05, 4.69) is 26.2 Å². The third kappa shape index (κ3) is 4.85. The van der Waals surface area contributed by atoms with Gasteiger partial charge in [-0.2, -0.15) is 9.37 Å². The van der Waals surface area contributed by atoms with Gasteiger partial charge in [0.05, 0.1) is 5.75 Å². The standard InChI is InChI=1S/C19H21BrF3N3O2S/c1-12-4-2-3-10-26(12)19-16(22)17(15(21)18(23)25-19)29(27,28)11-9-24-14-7-5-13(20)6-8-14/h5-8,12,24H,2-4,9-11H2,1H3/t12-/m0/s1. The Bertz CT molecular complexity index is 987. The van der Waals surface area contributed by atoms with Gasteiger partial charge in [-0.05, 0) is 50.5 Å². The highest BCUT2D eigenvalue weighted by molar-refractivity contribution is 9.10. The number of hydrogen-bond acceptors (Lipinski definition) is 5. The van der Waals surface area contributed by atoms with Crippen LogP contribution in [0.15, 0.2) is 33.6 Å². The van der Waals surface area contributed by atoms with Crippen LogP contribution in [0.5, 0.6) is 0 Å². The molecule has 0 aliphatic carbocycles. The summed E-state index contributed by atoms with van der Waals surface area (Å²) in [4.78, 5) is 3.63. The van der Waals surface area contributed by atoms with Crippen LogP contribution in [0.25, 0.3) is 0 Å². The Morgan fingerprint density at radius 3 is 2.52 bits per heavy atom. The molecule has 3 rings (SSSR count). The van der Waals surface area contributed by atoms with Crippen molar-refractivity contribution in [2.24, 2.45) is 0 Å². The third-order valence-electron chi connectivity index (χ3n) is 4.91. The van der Waals surface area contributed by atoms with Crippen LogP contribution >= 0.6 is 15.9 Å². The van der Waals surface area contributed by atoms with Crippen LogP contribution in [0, 0.1) is 17.6 Å². The van der Waals surface area contributed by atoms with E-state index in [1.165, 1.54) is 4.90 Å². The molecule has 1 atom stereocenters. The summed E-state index contributed by atoms with van der Waals surface area (Å²) in [7, 11) is -4.43. The van der Waals surface area contributed by atoms with Crippen LogP contribution in [0.3, 0.4) is 0 Å². The molecule has 1 saturated heterocycles. The first-order valence-corrected chi connectivity index (χ1v) is 11.7. The van der Waals surface area contributed by atoms with Gasteiger partial charge < -0.3 is 10.2 Å². The van der Waals surface area contributed by atoms with Crippen LogP contribution in [0.1, 0.15) is 26.2 Å². The quantitative estimate of drug-likeness (QED) is 0.601. The predicted molar refractivity (Wildman–Crippen MR) is 109 cm³/mol. The predicted octanol–water partition coefficient (Wildman–Crippen LogP) is 4.53. The van der Waals surface area contributed by atoms with Gasteiger partial charge in [0.15, 0.2) is 27.3 Å². The van der Waals surface area contributed by atoms with Crippen LogP contribution in [0.2, 0.25) is 0 Å². The maximum atomic E-state index is 15.0. The van der Waals surface area contributed by atoms with Gasteiger partial charge >= 0.3 is 0 Å². The molecule has 0 saturated carbocycles. The maximum Gasteiger partial charge on any atom is 0.252 e. The van der Waals surface area contributed by atoms with Crippen LogP contribution in [0.4, 0.5) is 24.7 Å². The fraction of sp³-hybridized carbons (Fsp3) is 0.421. The van der Waals surface area contributed by atoms with E-state index >= 15 is 4.39 Å². The lowest BCUT2D eigenvalue weighted by atomic mass is 10.0. The molecule has 0 bridgehead atoms. The van der Waals surface area contributed by atoms with E-state index in [-0.39, 0.29) is 12.6 Å². The highest BCUT2D eigenvalue weighted by Gasteiger charge is 2.33. The summed E-state index contributed by atoms with van der Waals surface area (Å²) < 4.78 is 69.6. The maximum absolute atomic E-state index is 15.0. The summed E-state index contributed by atoms with van der Waals surface area (Å²) in [6.07, 6.45) is 2.40. The van der Waals surface area contributed by atoms with Crippen molar-refractivity contribution >= 4 is 37.3 Å². The summed E-state index contributed by atoms with van der Waals surface area (Å²) in [6.45, 7) is 2.13. The van der Waals surface area contributed by atoms with Crippen molar-refractivity contribution in [3.05, 3.63) is 46.3 Å². The summed E-state index contributed by atoms with van der Waals surface area (Å²) in [6, 6.07) is 6.82. The van der Waals surface area contributed by atoms with E-state index in [1.54, 1.807) is 24.3 Å². The molecule has 2 heterocycles. The van der Waals surface area contributed by atoms with E-state index in [0.717, 1.165) is 23.7 Å². The van der Waals surface area contributed by atoms with Gasteiger partial charge in [0.2, 0.25) is 0 Å². The van der Waals surface area contributed by atoms with E-state index in [4.69, 9.17) is 0 Å². The molecule has 1 aromatic carbocycles. The largest absolute Gasteiger partial charge is 0.384 e. The highest BCUT2D eigenvalue weighted by Crippen LogP contribution is 2.31. The molecule has 1 fully saturated rings. The SMILES string of the molecule is C[C@H]1CCCCN1c1nc(F)c(F)c(S(=O)(=O)CCNc2ccc(Br)cc2)c1F. The van der Waals surface area contributed by atoms with Crippen LogP contribution < -0.4 is 10.2 Å². The van der Waals surface area contributed by atoms with E-state index < -0.39 is 43.9 Å². The second-order valence-electron chi connectivity index (χ2n) is 6.97. The Hall–Kier alpha value is -1.81. The molecule has 0 amide bonds. The van der Waals surface area contributed by atoms with Crippen LogP contribution in [-0.2, 0) is 9.84 Å². The summed E-state index contributed by atoms with van der Waals surface area (Å²) in [5.41, 5.74) is 0.646. The van der Waals surface area contributed by atoms with E-state index in [1.807, 2.05) is 6.92 Å². The molecule has 29 heavy (non-hydrogen) atoms. The van der Waals surface area contributed by atoms with Gasteiger partial charge in [0.25, 0.3) is 5.95 Å². The molecular formula is C19H21BrF3N3O2S. The number of anilines is 2. The number of sulfone groups is 1. The normalized spacial score (nSPS) is 17.4. The molecule has 5 nitrogen and oxygen atoms in total. The minimum absolute atomic E-state index is 0.0950. The molecule has 158 valence electrons. The van der Waals surface area contributed by atoms with Crippen molar-refractivity contribution in [1.29, 1.82) is 0 Å². The first-order chi connectivity index (χ1) is 13.7. The smallest absolute Gasteiger partial charge is 0.252 e. The molecule has 0 unspecified atom stereocenters. The molecular weight excluding hydrogens is 471 g/mol. The molecule has 1 aromatic heterocycles. The minimum atomic E-state index is -4.43. The van der Waals surface area contributed by atoms with Crippen molar-refractivity contribution in [2.45, 2.75) is 37.1 Å². The Morgan fingerprint density at radius 1 is 1.17 bits per heavy atom. The minimum Gasteiger partial charge on any atom is -0.384 e. The zero-order valence-corrected chi connectivity index (χ0v) is 18.2. The molecule has 2 aromatic rings. The van der Waals surface area contributed by atoms with Gasteiger partial charge in [-0.3, -0.25) is 0 Å². The van der Waals surface area contributed by atoms with E-state index in [9.17, 15) is 17.2 Å². The number of piperidine rings is 1. The molecule has 0 radical (unpaired) electrons. The summed E-state index contributed by atoms with van der Waals surface area (Å²) in [5.74, 6) is -5.77. The van der Waals surface area contributed by atoms with Gasteiger partial charge in [0, 0.05) is 29.3 Å². The number of nitrogens with one attached hydrogen (secondary N) is 1. The monoisotopic (exact) mass is 491 g/mol. The van der Waals surface area contributed by atoms with Crippen molar-refractivity contribution in [1.82, 2.24) is 4.98 Å². The number of nitrogens with zero attached hydrogens (tertiary/aromatic N) is 2. The Labute approximate surface area is 176 Å². The second kappa shape index (κ2) is 8.91. The lowest BCUT2D eigenvalue weighted by Gasteiger charge is -2.34. The number of aromatic nitrogens is 1. The number of benzene rings is 1. The average molecular weight is 492 g/mol. The zero-order valence-electron chi connectivity index (χ0n) is 15.8. The van der Waals surface area contributed by atoms with E-state index in [0.29, 0.717) is 12.2 Å². The lowest BCUT2D eigenvalue weighted by molar-refractivity contribution is 0.417. The topological polar surface area (TPSA) is 62.3 Å². The Morgan fingerprint density at radius 2 is 1.86 bits per heavy atom. The summed E-state index contributed by atoms with van der Waals surface area (Å²) >= 11 is 3.29. The number of rotatable bonds is 6. The van der Waals surface area contributed by atoms with Gasteiger partial charge in [-0.1, -0.05) is 15.9 Å². The Kier molecular flexibility index (Phi) is 6.72. The molecule has 0 spiro atoms. The molecule has 1 aliphatic heterocycles. The average Bonchev–Trinajstić information content (AvgIpc) is 2.67. The fourth-order valence-corrected chi connectivity index (χ4v) is 4.92. The number of pyridine rings is 1. The second-order valence-corrected chi connectivity index (χ2v) is 9.94. The molecule has 1 N–H and O–H groups in total. The molecule has 1 aliphatic rings. The Balaban J connectivity index is 1.86. The third-order valence-corrected chi connectivity index (χ3v) is 7.16. The zero-order chi connectivity index (χ0) is 21.2. The van der Waals surface area contributed by atoms with Gasteiger partial charge in [-0.15, -0.1) is 0 Å². The number of hydrogen-bond donors (Lipinski definition) is 1. The molecule has 10 heteroatoms. The lowest BCUT2D eigenvalue weighted by Crippen LogP contribution is -2.39. The first kappa shape index (κ1) is 21.9. The van der Waals surface area contributed by atoms with Crippen molar-refractivity contribution in [3.63, 3.8) is 0 Å². The summed E-state index contributed by atoms with van der Waals surface area (Å²) in [5, 5.41) is 2.87. The fourth-order valence-electron chi connectivity index (χ4n) is 3.36. The first-order valence-electron chi connectivity index (χ1n) is 9.24. The van der Waals surface area contributed by atoms with Gasteiger partial charge in [-0.25, -0.2) is 17.2 Å².